The standard InChI is InChI=1S/C20H22N2O3/c21-19(23)17-13-7-12-16(14-8-3-1-4-9-14)18(17)22(20(24)25)15-10-5-2-6-11-15/h1,3-4,7-9,12-13,15H,2,5-6,10-11H2,(H2,21,23)(H,24,25). The van der Waals surface area contributed by atoms with E-state index in [0.29, 0.717) is 11.3 Å². The molecule has 2 aromatic carbocycles. The SMILES string of the molecule is NC(=O)c1cccc(-c2ccccc2)c1N(C(=O)O)C1CCCCC1. The van der Waals surface area contributed by atoms with E-state index in [9.17, 15) is 14.7 Å². The van der Waals surface area contributed by atoms with Crippen LogP contribution in [0.1, 0.15) is 42.5 Å². The Morgan fingerprint density at radius 1 is 0.960 bits per heavy atom. The number of carbonyl (C=O) groups excluding carboxylic acids is 1. The van der Waals surface area contributed by atoms with Gasteiger partial charge in [-0.3, -0.25) is 9.69 Å². The van der Waals surface area contributed by atoms with E-state index in [1.54, 1.807) is 12.1 Å². The molecule has 0 aromatic heterocycles. The first kappa shape index (κ1) is 17.0. The predicted molar refractivity (Wildman–Crippen MR) is 97.8 cm³/mol. The number of nitrogens with two attached hydrogens (primary N) is 1. The Labute approximate surface area is 147 Å². The lowest BCUT2D eigenvalue weighted by Gasteiger charge is -2.34. The quantitative estimate of drug-likeness (QED) is 0.873. The first-order valence-electron chi connectivity index (χ1n) is 8.60. The topological polar surface area (TPSA) is 83.6 Å². The van der Waals surface area contributed by atoms with Gasteiger partial charge in [-0.05, 0) is 24.5 Å². The van der Waals surface area contributed by atoms with Crippen LogP contribution in [0.3, 0.4) is 0 Å². The van der Waals surface area contributed by atoms with Crippen molar-refractivity contribution >= 4 is 17.7 Å². The molecule has 0 bridgehead atoms. The van der Waals surface area contributed by atoms with Crippen LogP contribution >= 0.6 is 0 Å². The van der Waals surface area contributed by atoms with E-state index >= 15 is 0 Å². The smallest absolute Gasteiger partial charge is 0.412 e. The lowest BCUT2D eigenvalue weighted by Crippen LogP contribution is -2.42. The highest BCUT2D eigenvalue weighted by atomic mass is 16.4. The van der Waals surface area contributed by atoms with Crippen molar-refractivity contribution in [1.82, 2.24) is 0 Å². The molecule has 3 N–H and O–H groups in total. The molecule has 0 unspecified atom stereocenters. The normalized spacial score (nSPS) is 14.9. The van der Waals surface area contributed by atoms with Crippen LogP contribution in [0.5, 0.6) is 0 Å². The number of primary amides is 1. The number of hydrogen-bond acceptors (Lipinski definition) is 2. The minimum atomic E-state index is -1.04. The molecule has 25 heavy (non-hydrogen) atoms. The molecule has 0 aliphatic heterocycles. The number of carboxylic acid groups (broad SMARTS) is 1. The molecule has 5 nitrogen and oxygen atoms in total. The van der Waals surface area contributed by atoms with Crippen molar-refractivity contribution in [2.24, 2.45) is 5.73 Å². The summed E-state index contributed by atoms with van der Waals surface area (Å²) in [5, 5.41) is 9.93. The lowest BCUT2D eigenvalue weighted by molar-refractivity contribution is 0.100. The molecule has 3 rings (SSSR count). The molecule has 2 amide bonds. The molecular weight excluding hydrogens is 316 g/mol. The summed E-state index contributed by atoms with van der Waals surface area (Å²) < 4.78 is 0. The molecule has 1 aliphatic carbocycles. The summed E-state index contributed by atoms with van der Waals surface area (Å²) in [6, 6.07) is 14.6. The second-order valence-corrected chi connectivity index (χ2v) is 6.38. The van der Waals surface area contributed by atoms with Gasteiger partial charge in [0.2, 0.25) is 0 Å². The Hall–Kier alpha value is -2.82. The summed E-state index contributed by atoms with van der Waals surface area (Å²) >= 11 is 0. The molecule has 0 heterocycles. The number of rotatable bonds is 4. The average molecular weight is 338 g/mol. The van der Waals surface area contributed by atoms with Crippen molar-refractivity contribution in [1.29, 1.82) is 0 Å². The van der Waals surface area contributed by atoms with Crippen LogP contribution in [0.2, 0.25) is 0 Å². The first-order valence-corrected chi connectivity index (χ1v) is 8.60. The fraction of sp³-hybridized carbons (Fsp3) is 0.300. The molecule has 1 aliphatic rings. The monoisotopic (exact) mass is 338 g/mol. The van der Waals surface area contributed by atoms with Crippen LogP contribution < -0.4 is 10.6 Å². The van der Waals surface area contributed by atoms with Gasteiger partial charge in [0.15, 0.2) is 0 Å². The molecule has 0 radical (unpaired) electrons. The zero-order chi connectivity index (χ0) is 17.8. The maximum Gasteiger partial charge on any atom is 0.412 e. The highest BCUT2D eigenvalue weighted by Gasteiger charge is 2.31. The van der Waals surface area contributed by atoms with Crippen LogP contribution in [0.25, 0.3) is 11.1 Å². The third-order valence-corrected chi connectivity index (χ3v) is 4.77. The van der Waals surface area contributed by atoms with Gasteiger partial charge in [-0.15, -0.1) is 0 Å². The van der Waals surface area contributed by atoms with Gasteiger partial charge in [0.05, 0.1) is 11.3 Å². The van der Waals surface area contributed by atoms with Gasteiger partial charge in [-0.2, -0.15) is 0 Å². The maximum absolute atomic E-state index is 12.1. The zero-order valence-electron chi connectivity index (χ0n) is 14.0. The van der Waals surface area contributed by atoms with E-state index in [0.717, 1.165) is 37.7 Å². The van der Waals surface area contributed by atoms with Crippen LogP contribution in [-0.2, 0) is 0 Å². The first-order chi connectivity index (χ1) is 12.1. The number of anilines is 1. The molecule has 0 spiro atoms. The highest BCUT2D eigenvalue weighted by Crippen LogP contribution is 2.37. The van der Waals surface area contributed by atoms with Crippen molar-refractivity contribution in [2.45, 2.75) is 38.1 Å². The lowest BCUT2D eigenvalue weighted by atomic mass is 9.91. The fourth-order valence-electron chi connectivity index (χ4n) is 3.63. The number of para-hydroxylation sites is 1. The largest absolute Gasteiger partial charge is 0.465 e. The molecule has 0 atom stereocenters. The van der Waals surface area contributed by atoms with Crippen molar-refractivity contribution in [2.75, 3.05) is 4.90 Å². The summed E-state index contributed by atoms with van der Waals surface area (Å²) in [6.45, 7) is 0. The van der Waals surface area contributed by atoms with Gasteiger partial charge in [0.25, 0.3) is 5.91 Å². The van der Waals surface area contributed by atoms with Gasteiger partial charge in [-0.1, -0.05) is 61.7 Å². The molecule has 2 aromatic rings. The third-order valence-electron chi connectivity index (χ3n) is 4.77. The Morgan fingerprint density at radius 3 is 2.24 bits per heavy atom. The number of amides is 2. The van der Waals surface area contributed by atoms with Gasteiger partial charge in [-0.25, -0.2) is 4.79 Å². The highest BCUT2D eigenvalue weighted by molar-refractivity contribution is 6.07. The summed E-state index contributed by atoms with van der Waals surface area (Å²) in [5.74, 6) is -0.616. The summed E-state index contributed by atoms with van der Waals surface area (Å²) in [6.07, 6.45) is 3.66. The van der Waals surface area contributed by atoms with E-state index < -0.39 is 12.0 Å². The van der Waals surface area contributed by atoms with E-state index in [4.69, 9.17) is 5.73 Å². The fourth-order valence-corrected chi connectivity index (χ4v) is 3.63. The van der Waals surface area contributed by atoms with Crippen molar-refractivity contribution in [3.05, 3.63) is 54.1 Å². The summed E-state index contributed by atoms with van der Waals surface area (Å²) in [5.41, 5.74) is 7.79. The Bertz CT molecular complexity index is 768. The van der Waals surface area contributed by atoms with E-state index in [-0.39, 0.29) is 11.6 Å². The molecule has 130 valence electrons. The third kappa shape index (κ3) is 3.50. The Morgan fingerprint density at radius 2 is 1.64 bits per heavy atom. The molecule has 1 saturated carbocycles. The zero-order valence-corrected chi connectivity index (χ0v) is 14.0. The van der Waals surface area contributed by atoms with Gasteiger partial charge in [0, 0.05) is 11.6 Å². The van der Waals surface area contributed by atoms with Crippen molar-refractivity contribution in [3.63, 3.8) is 0 Å². The number of hydrogen-bond donors (Lipinski definition) is 2. The second kappa shape index (κ2) is 7.38. The number of nitrogens with zero attached hydrogens (tertiary/aromatic N) is 1. The maximum atomic E-state index is 12.1. The van der Waals surface area contributed by atoms with E-state index in [1.165, 1.54) is 4.90 Å². The van der Waals surface area contributed by atoms with E-state index in [2.05, 4.69) is 0 Å². The number of benzene rings is 2. The summed E-state index contributed by atoms with van der Waals surface area (Å²) in [7, 11) is 0. The van der Waals surface area contributed by atoms with E-state index in [1.807, 2.05) is 36.4 Å². The van der Waals surface area contributed by atoms with Crippen LogP contribution in [0.15, 0.2) is 48.5 Å². The minimum Gasteiger partial charge on any atom is -0.465 e. The van der Waals surface area contributed by atoms with Gasteiger partial charge in [0.1, 0.15) is 0 Å². The molecule has 0 saturated heterocycles. The van der Waals surface area contributed by atoms with Gasteiger partial charge >= 0.3 is 6.09 Å². The Balaban J connectivity index is 2.20. The van der Waals surface area contributed by atoms with Crippen LogP contribution in [0, 0.1) is 0 Å². The van der Waals surface area contributed by atoms with Gasteiger partial charge < -0.3 is 10.8 Å². The predicted octanol–water partition coefficient (Wildman–Crippen LogP) is 4.27. The number of carbonyl (C=O) groups is 2. The van der Waals surface area contributed by atoms with Crippen LogP contribution in [0.4, 0.5) is 10.5 Å². The molecule has 1 fully saturated rings. The minimum absolute atomic E-state index is 0.130. The Kier molecular flexibility index (Phi) is 5.03. The molecular formula is C20H22N2O3. The second-order valence-electron chi connectivity index (χ2n) is 6.38. The van der Waals surface area contributed by atoms with Crippen molar-refractivity contribution < 1.29 is 14.7 Å². The van der Waals surface area contributed by atoms with Crippen molar-refractivity contribution in [3.8, 4) is 11.1 Å². The molecule has 5 heteroatoms. The average Bonchev–Trinajstić information content (AvgIpc) is 2.63. The van der Waals surface area contributed by atoms with Crippen LogP contribution in [-0.4, -0.2) is 23.1 Å². The summed E-state index contributed by atoms with van der Waals surface area (Å²) in [4.78, 5) is 25.5.